The van der Waals surface area contributed by atoms with Crippen molar-refractivity contribution >= 4 is 114 Å². The molecule has 0 aromatic carbocycles. The number of hydrogen-bond acceptors (Lipinski definition) is 44. The van der Waals surface area contributed by atoms with E-state index in [4.69, 9.17) is 23.5 Å². The van der Waals surface area contributed by atoms with Gasteiger partial charge < -0.3 is 117 Å². The van der Waals surface area contributed by atoms with E-state index in [1.165, 1.54) is 75.9 Å². The lowest BCUT2D eigenvalue weighted by atomic mass is 9.87. The molecule has 16 atom stereocenters. The van der Waals surface area contributed by atoms with Crippen molar-refractivity contribution in [2.24, 2.45) is 23.7 Å². The number of aliphatic hydroxyl groups is 8. The molecule has 4 amide bonds. The number of fused-ring (bicyclic) bond motifs is 4. The van der Waals surface area contributed by atoms with Gasteiger partial charge in [0.1, 0.15) is 60.5 Å². The summed E-state index contributed by atoms with van der Waals surface area (Å²) in [5.74, 6) is 4.01. The molecular weight excluding hydrogens is 1830 g/mol. The van der Waals surface area contributed by atoms with Crippen LogP contribution in [0.25, 0.3) is 44.7 Å². The van der Waals surface area contributed by atoms with Gasteiger partial charge in [0, 0.05) is 79.6 Å². The number of hydrogen-bond donors (Lipinski definition) is 18. The molecule has 6 fully saturated rings. The molecule has 137 heavy (non-hydrogen) atoms. The van der Waals surface area contributed by atoms with Crippen molar-refractivity contribution in [3.05, 3.63) is 66.1 Å². The van der Waals surface area contributed by atoms with Crippen molar-refractivity contribution in [3.63, 3.8) is 0 Å². The third kappa shape index (κ3) is 24.0. The van der Waals surface area contributed by atoms with Gasteiger partial charge in [0.25, 0.3) is 29.5 Å². The first kappa shape index (κ1) is 104. The number of aromatic nitrogens is 22. The van der Waals surface area contributed by atoms with Crippen LogP contribution in [0.2, 0.25) is 0 Å². The Morgan fingerprint density at radius 1 is 0.489 bits per heavy atom. The molecule has 0 radical (unpaired) electrons. The standard InChI is InChI=1S/C24H38N8O5.C21H32N8O5.C19H28N8O4S.C18H28N10O5S/c1-5-26-22(35)18-16(33)17(34)24(37-18)32-12-28-15-19(25-4)29-20(30-21(15)32)23(36)27-8-11-31-9-6-14(7-10-31)13(2)3;1-3-23-19(32)15-13(30)14(31)21(34-15)29-11-25-12-16(22-2)26-17(27-18(12)29)20(33)24-7-10-28-8-5-4-6-9-28;1-5-10-25-18(31-26-10)15-13(28)14(29)19(30-15)27-8-21-12-16(20-4)23-11(24-17(12)27)6-22-32-7-9(2)3;1-5-28-25-16(24-26-28)14-12(29)13(30)18(33-14)27-8-20-11-15(19-4)22-10(23-17(11)27)6-21-34(31,32)7-9(2)3/h12-14,16-18,24,33-34H,5-11H2,1-4H3,(H,26,35)(H,27,36)(H,25,29,30);11,13-15,21,30-31H,3-10H2,1-2H3,(H,23,32)(H,24,33)(H,22,26,27);8-9,13-15,19,22,28-29H,5-7H2,1-4H3,(H,20,23,24);8-9,12-14,18,21,29-30H,5-7H2,1-4H3,(H,19,22,23)/t16-,17+,18-,24+;13-,14+,15-,21+;13-,14+,15-,19+;12-,13+,14-,18+/m0000/s1. The molecule has 16 rings (SSSR count). The Hall–Kier alpha value is -10.8. The Labute approximate surface area is 792 Å². The number of amides is 4. The van der Waals surface area contributed by atoms with Gasteiger partial charge in [0.15, 0.2) is 123 Å². The first-order valence-corrected chi connectivity index (χ1v) is 48.6. The van der Waals surface area contributed by atoms with E-state index in [2.05, 4.69) is 175 Å². The van der Waals surface area contributed by atoms with Crippen molar-refractivity contribution < 1.29 is 91.9 Å². The van der Waals surface area contributed by atoms with Gasteiger partial charge in [-0.05, 0) is 102 Å². The average molecular weight is 1960 g/mol. The Morgan fingerprint density at radius 3 is 1.34 bits per heavy atom. The summed E-state index contributed by atoms with van der Waals surface area (Å²) < 4.78 is 64.5. The first-order chi connectivity index (χ1) is 65.7. The SMILES string of the molecule is CCNC(=O)[C@H]1O[C@@H](n2cnc3c(NC)nc(C(=O)NCCN4CCC(C(C)C)CC4)nc32)[C@H](O)[C@@H]1O.CCNC(=O)[C@H]1O[C@@H](n2cnc3c(NC)nc(C(=O)NCCN4CCCCC4)nc32)[C@H](O)[C@@H]1O.CCc1noc([C@H]2O[C@@H](n3cnc4c(NC)nc(CNSCC(C)C)nc43)[C@H](O)[C@@H]2O)n1.CCn1nnc([C@H]2O[C@@H](n3cnc4c(NC)nc(CNS(=O)(=O)CC(C)C)nc43)[C@H](O)[C@@H]2O)n1. The van der Waals surface area contributed by atoms with E-state index >= 15 is 0 Å². The number of likely N-dealkylation sites (tertiary alicyclic amines) is 2. The summed E-state index contributed by atoms with van der Waals surface area (Å²) in [6.07, 6.45) is -7.34. The van der Waals surface area contributed by atoms with Crippen LogP contribution in [0.3, 0.4) is 0 Å². The average Bonchev–Trinajstić information content (AvgIpc) is 1.62. The zero-order valence-electron chi connectivity index (χ0n) is 78.8. The number of anilines is 4. The minimum Gasteiger partial charge on any atom is -0.387 e. The third-order valence-corrected chi connectivity index (χ3v) is 26.5. The smallest absolute Gasteiger partial charge is 0.289 e. The number of ether oxygens (including phenoxy) is 4. The van der Waals surface area contributed by atoms with Crippen LogP contribution in [-0.2, 0) is 64.6 Å². The molecular formula is C82H126N34O19S2. The fourth-order valence-corrected chi connectivity index (χ4v) is 18.4. The predicted octanol–water partition coefficient (Wildman–Crippen LogP) is -1.30. The van der Waals surface area contributed by atoms with Gasteiger partial charge >= 0.3 is 0 Å². The maximum atomic E-state index is 12.9. The van der Waals surface area contributed by atoms with Crippen LogP contribution in [-0.4, -0.2) is 357 Å². The minimum atomic E-state index is -3.51. The number of carbonyl (C=O) groups is 4. The summed E-state index contributed by atoms with van der Waals surface area (Å²) in [5, 5.41) is 123. The topological polar surface area (TPSA) is 685 Å². The van der Waals surface area contributed by atoms with Gasteiger partial charge in [-0.3, -0.25) is 42.2 Å². The van der Waals surface area contributed by atoms with Crippen LogP contribution in [0.1, 0.15) is 189 Å². The summed E-state index contributed by atoms with van der Waals surface area (Å²) >= 11 is 1.62. The Bertz CT molecular complexity index is 5830. The lowest BCUT2D eigenvalue weighted by Crippen LogP contribution is -2.42. The Balaban J connectivity index is 0.000000155. The first-order valence-electron chi connectivity index (χ1n) is 46.0. The van der Waals surface area contributed by atoms with Crippen molar-refractivity contribution in [2.75, 3.05) is 126 Å². The van der Waals surface area contributed by atoms with E-state index in [9.17, 15) is 68.4 Å². The number of aliphatic hydroxyl groups excluding tert-OH is 8. The summed E-state index contributed by atoms with van der Waals surface area (Å²) in [5.41, 5.74) is 2.87. The van der Waals surface area contributed by atoms with E-state index in [-0.39, 0.29) is 58.7 Å². The molecule has 750 valence electrons. The molecule has 6 saturated heterocycles. The highest BCUT2D eigenvalue weighted by molar-refractivity contribution is 7.97. The van der Waals surface area contributed by atoms with Gasteiger partial charge in [0.2, 0.25) is 27.5 Å². The van der Waals surface area contributed by atoms with Crippen LogP contribution in [0.15, 0.2) is 29.8 Å². The van der Waals surface area contributed by atoms with Crippen LogP contribution < -0.4 is 52.0 Å². The second-order valence-electron chi connectivity index (χ2n) is 34.7. The minimum absolute atomic E-state index is 0.0237. The molecule has 0 bridgehead atoms. The molecule has 0 unspecified atom stereocenters. The van der Waals surface area contributed by atoms with Crippen molar-refractivity contribution in [3.8, 4) is 0 Å². The Kier molecular flexibility index (Phi) is 35.3. The zero-order chi connectivity index (χ0) is 98.4. The van der Waals surface area contributed by atoms with Gasteiger partial charge in [-0.15, -0.1) is 10.2 Å². The Morgan fingerprint density at radius 2 is 0.920 bits per heavy atom. The van der Waals surface area contributed by atoms with Gasteiger partial charge in [-0.1, -0.05) is 72.0 Å². The number of aryl methyl sites for hydroxylation is 2. The molecule has 0 saturated carbocycles. The van der Waals surface area contributed by atoms with E-state index in [1.54, 1.807) is 58.6 Å². The van der Waals surface area contributed by atoms with Crippen molar-refractivity contribution in [2.45, 2.75) is 226 Å². The van der Waals surface area contributed by atoms with Crippen LogP contribution in [0, 0.1) is 23.7 Å². The van der Waals surface area contributed by atoms with Gasteiger partial charge in [-0.25, -0.2) is 72.9 Å². The van der Waals surface area contributed by atoms with E-state index in [1.807, 2.05) is 27.7 Å². The van der Waals surface area contributed by atoms with Gasteiger partial charge in [-0.2, -0.15) is 9.78 Å². The number of sulfonamides is 1. The number of piperidine rings is 2. The monoisotopic (exact) mass is 1950 g/mol. The highest BCUT2D eigenvalue weighted by Crippen LogP contribution is 2.43. The lowest BCUT2D eigenvalue weighted by molar-refractivity contribution is -0.138. The lowest BCUT2D eigenvalue weighted by Gasteiger charge is -2.33. The molecule has 6 aliphatic rings. The number of imidazole rings is 4. The number of rotatable bonds is 35. The maximum Gasteiger partial charge on any atom is 0.289 e. The summed E-state index contributed by atoms with van der Waals surface area (Å²) in [4.78, 5) is 113. The largest absolute Gasteiger partial charge is 0.387 e. The fraction of sp³-hybridized carbons (Fsp3) is 0.671. The molecule has 55 heteroatoms. The third-order valence-electron chi connectivity index (χ3n) is 23.7. The molecule has 6 aliphatic heterocycles. The zero-order valence-corrected chi connectivity index (χ0v) is 80.5. The number of likely N-dealkylation sites (N-methyl/N-ethyl adjacent to an activating group) is 2. The second-order valence-corrected chi connectivity index (χ2v) is 37.4. The molecule has 0 spiro atoms. The number of carbonyl (C=O) groups excluding carboxylic acids is 4. The molecule has 0 aliphatic carbocycles. The second kappa shape index (κ2) is 46.7. The fourth-order valence-electron chi connectivity index (χ4n) is 16.4. The van der Waals surface area contributed by atoms with Crippen LogP contribution >= 0.6 is 11.9 Å². The van der Waals surface area contributed by atoms with E-state index in [0.717, 1.165) is 50.9 Å². The molecule has 16 heterocycles. The summed E-state index contributed by atoms with van der Waals surface area (Å²) in [7, 11) is 3.20. The van der Waals surface area contributed by atoms with Crippen LogP contribution in [0.5, 0.6) is 0 Å². The van der Waals surface area contributed by atoms with Crippen molar-refractivity contribution in [1.82, 2.24) is 149 Å². The van der Waals surface area contributed by atoms with E-state index < -0.39 is 132 Å². The predicted molar refractivity (Wildman–Crippen MR) is 494 cm³/mol. The molecule has 18 N–H and O–H groups in total. The number of nitrogens with one attached hydrogen (secondary N) is 10. The molecule has 10 aromatic heterocycles. The summed E-state index contributed by atoms with van der Waals surface area (Å²) in [6, 6.07) is 0. The summed E-state index contributed by atoms with van der Waals surface area (Å²) in [6.45, 7) is 27.8. The highest BCUT2D eigenvalue weighted by Gasteiger charge is 2.52. The highest BCUT2D eigenvalue weighted by atomic mass is 32.2. The normalized spacial score (nSPS) is 24.3. The van der Waals surface area contributed by atoms with Crippen molar-refractivity contribution in [1.29, 1.82) is 0 Å². The van der Waals surface area contributed by atoms with Crippen LogP contribution in [0.4, 0.5) is 23.3 Å². The number of tetrazole rings is 1. The van der Waals surface area contributed by atoms with Gasteiger partial charge in [0.05, 0.1) is 50.7 Å². The number of nitrogens with zero attached hydrogens (tertiary/aromatic N) is 24. The van der Waals surface area contributed by atoms with E-state index in [0.29, 0.717) is 126 Å². The quantitative estimate of drug-likeness (QED) is 0.0162. The molecule has 53 nitrogen and oxygen atoms in total. The maximum absolute atomic E-state index is 12.9. The molecule has 10 aromatic rings.